The SMILES string of the molecule is CC(C)(C)N1CCCN(C(=O)c2cccc(NC(=O)CC3SC(N4CCCCC4)=NC3=O)c2)CC1. The van der Waals surface area contributed by atoms with E-state index in [2.05, 4.69) is 40.9 Å². The van der Waals surface area contributed by atoms with Crippen LogP contribution in [0.15, 0.2) is 29.3 Å². The Labute approximate surface area is 212 Å². The van der Waals surface area contributed by atoms with Gasteiger partial charge in [-0.25, -0.2) is 0 Å². The molecule has 1 unspecified atom stereocenters. The van der Waals surface area contributed by atoms with Gasteiger partial charge in [-0.2, -0.15) is 4.99 Å². The molecule has 3 amide bonds. The van der Waals surface area contributed by atoms with Crippen molar-refractivity contribution >= 4 is 40.3 Å². The zero-order chi connectivity index (χ0) is 25.0. The van der Waals surface area contributed by atoms with Crippen molar-refractivity contribution in [2.45, 2.75) is 63.7 Å². The number of nitrogens with zero attached hydrogens (tertiary/aromatic N) is 4. The number of carbonyl (C=O) groups is 3. The van der Waals surface area contributed by atoms with Crippen molar-refractivity contribution < 1.29 is 14.4 Å². The van der Waals surface area contributed by atoms with Crippen LogP contribution in [-0.4, -0.2) is 87.6 Å². The molecule has 4 rings (SSSR count). The van der Waals surface area contributed by atoms with Crippen molar-refractivity contribution in [2.75, 3.05) is 44.6 Å². The molecule has 0 spiro atoms. The Hall–Kier alpha value is -2.39. The molecule has 0 aromatic heterocycles. The normalized spacial score (nSPS) is 22.1. The van der Waals surface area contributed by atoms with Crippen LogP contribution >= 0.6 is 11.8 Å². The number of piperidine rings is 1. The number of likely N-dealkylation sites (tertiary alicyclic amines) is 1. The lowest BCUT2D eigenvalue weighted by Crippen LogP contribution is -2.44. The Balaban J connectivity index is 1.31. The summed E-state index contributed by atoms with van der Waals surface area (Å²) in [6.07, 6.45) is 4.44. The van der Waals surface area contributed by atoms with Crippen LogP contribution in [0, 0.1) is 0 Å². The van der Waals surface area contributed by atoms with Gasteiger partial charge >= 0.3 is 0 Å². The molecule has 2 saturated heterocycles. The van der Waals surface area contributed by atoms with Crippen LogP contribution in [0.25, 0.3) is 0 Å². The van der Waals surface area contributed by atoms with Gasteiger partial charge in [0.05, 0.1) is 0 Å². The zero-order valence-electron chi connectivity index (χ0n) is 21.1. The van der Waals surface area contributed by atoms with Gasteiger partial charge in [-0.1, -0.05) is 17.8 Å². The van der Waals surface area contributed by atoms with Gasteiger partial charge in [0, 0.05) is 62.5 Å². The van der Waals surface area contributed by atoms with Crippen LogP contribution in [0.2, 0.25) is 0 Å². The van der Waals surface area contributed by atoms with Gasteiger partial charge in [-0.3, -0.25) is 19.3 Å². The molecule has 3 heterocycles. The number of amidine groups is 1. The summed E-state index contributed by atoms with van der Waals surface area (Å²) in [5.74, 6) is -0.496. The Morgan fingerprint density at radius 3 is 2.54 bits per heavy atom. The largest absolute Gasteiger partial charge is 0.351 e. The number of nitrogens with one attached hydrogen (secondary N) is 1. The fraction of sp³-hybridized carbons (Fsp3) is 0.615. The summed E-state index contributed by atoms with van der Waals surface area (Å²) in [6, 6.07) is 7.08. The highest BCUT2D eigenvalue weighted by Gasteiger charge is 2.33. The summed E-state index contributed by atoms with van der Waals surface area (Å²) in [7, 11) is 0. The summed E-state index contributed by atoms with van der Waals surface area (Å²) in [4.78, 5) is 49.0. The van der Waals surface area contributed by atoms with Gasteiger partial charge < -0.3 is 15.1 Å². The molecular formula is C26H37N5O3S. The first kappa shape index (κ1) is 25.7. The van der Waals surface area contributed by atoms with E-state index < -0.39 is 5.25 Å². The average molecular weight is 500 g/mol. The smallest absolute Gasteiger partial charge is 0.262 e. The Bertz CT molecular complexity index is 983. The lowest BCUT2D eigenvalue weighted by Gasteiger charge is -2.34. The van der Waals surface area contributed by atoms with Crippen molar-refractivity contribution in [2.24, 2.45) is 4.99 Å². The number of hydrogen-bond donors (Lipinski definition) is 1. The maximum Gasteiger partial charge on any atom is 0.262 e. The van der Waals surface area contributed by atoms with E-state index >= 15 is 0 Å². The Kier molecular flexibility index (Phi) is 8.16. The van der Waals surface area contributed by atoms with Crippen molar-refractivity contribution in [1.82, 2.24) is 14.7 Å². The summed E-state index contributed by atoms with van der Waals surface area (Å²) >= 11 is 1.40. The molecule has 8 nitrogen and oxygen atoms in total. The minimum absolute atomic E-state index is 0.0158. The van der Waals surface area contributed by atoms with Crippen molar-refractivity contribution in [1.29, 1.82) is 0 Å². The number of rotatable bonds is 4. The van der Waals surface area contributed by atoms with E-state index in [4.69, 9.17) is 0 Å². The minimum atomic E-state index is -0.486. The van der Waals surface area contributed by atoms with Crippen LogP contribution in [-0.2, 0) is 9.59 Å². The maximum absolute atomic E-state index is 13.2. The number of carbonyl (C=O) groups excluding carboxylic acids is 3. The molecule has 0 radical (unpaired) electrons. The highest BCUT2D eigenvalue weighted by molar-refractivity contribution is 8.15. The molecule has 0 aliphatic carbocycles. The van der Waals surface area contributed by atoms with Crippen LogP contribution in [0.1, 0.15) is 63.2 Å². The van der Waals surface area contributed by atoms with E-state index in [0.29, 0.717) is 17.8 Å². The average Bonchev–Trinajstić information content (AvgIpc) is 3.03. The van der Waals surface area contributed by atoms with Gasteiger partial charge in [0.15, 0.2) is 5.17 Å². The van der Waals surface area contributed by atoms with Crippen molar-refractivity contribution in [3.8, 4) is 0 Å². The number of hydrogen-bond acceptors (Lipinski definition) is 6. The lowest BCUT2D eigenvalue weighted by atomic mass is 10.1. The molecule has 1 aromatic carbocycles. The van der Waals surface area contributed by atoms with Crippen molar-refractivity contribution in [3.63, 3.8) is 0 Å². The van der Waals surface area contributed by atoms with Gasteiger partial charge in [0.2, 0.25) is 5.91 Å². The van der Waals surface area contributed by atoms with E-state index in [0.717, 1.165) is 57.2 Å². The van der Waals surface area contributed by atoms with E-state index in [-0.39, 0.29) is 29.7 Å². The lowest BCUT2D eigenvalue weighted by molar-refractivity contribution is -0.121. The third-order valence-electron chi connectivity index (χ3n) is 6.85. The predicted molar refractivity (Wildman–Crippen MR) is 141 cm³/mol. The molecule has 3 aliphatic rings. The second kappa shape index (κ2) is 11.1. The molecule has 35 heavy (non-hydrogen) atoms. The third kappa shape index (κ3) is 6.64. The standard InChI is InChI=1S/C26H37N5O3S/c1-26(2,3)31-14-8-13-29(15-16-31)24(34)19-9-7-10-20(17-19)27-22(32)18-21-23(33)28-25(35-21)30-11-5-4-6-12-30/h7,9-10,17,21H,4-6,8,11-16,18H2,1-3H3,(H,27,32). The molecule has 1 aromatic rings. The molecule has 2 fully saturated rings. The van der Waals surface area contributed by atoms with E-state index in [1.165, 1.54) is 18.2 Å². The second-order valence-electron chi connectivity index (χ2n) is 10.5. The third-order valence-corrected chi connectivity index (χ3v) is 8.06. The quantitative estimate of drug-likeness (QED) is 0.683. The van der Waals surface area contributed by atoms with Gasteiger partial charge in [-0.05, 0) is 64.7 Å². The first-order chi connectivity index (χ1) is 16.7. The first-order valence-electron chi connectivity index (χ1n) is 12.7. The van der Waals surface area contributed by atoms with Crippen LogP contribution in [0.3, 0.4) is 0 Å². The Morgan fingerprint density at radius 2 is 1.80 bits per heavy atom. The molecule has 0 saturated carbocycles. The van der Waals surface area contributed by atoms with E-state index in [1.54, 1.807) is 24.3 Å². The zero-order valence-corrected chi connectivity index (χ0v) is 21.9. The fourth-order valence-corrected chi connectivity index (χ4v) is 5.93. The van der Waals surface area contributed by atoms with Gasteiger partial charge in [0.1, 0.15) is 5.25 Å². The van der Waals surface area contributed by atoms with Gasteiger partial charge in [-0.15, -0.1) is 0 Å². The van der Waals surface area contributed by atoms with Crippen LogP contribution in [0.5, 0.6) is 0 Å². The highest BCUT2D eigenvalue weighted by Crippen LogP contribution is 2.29. The van der Waals surface area contributed by atoms with Crippen LogP contribution < -0.4 is 5.32 Å². The minimum Gasteiger partial charge on any atom is -0.351 e. The number of amides is 3. The summed E-state index contributed by atoms with van der Waals surface area (Å²) in [5, 5.41) is 3.14. The Morgan fingerprint density at radius 1 is 1.03 bits per heavy atom. The molecule has 1 N–H and O–H groups in total. The monoisotopic (exact) mass is 499 g/mol. The first-order valence-corrected chi connectivity index (χ1v) is 13.6. The number of anilines is 1. The van der Waals surface area contributed by atoms with E-state index in [1.807, 2.05) is 4.90 Å². The molecular weight excluding hydrogens is 462 g/mol. The fourth-order valence-electron chi connectivity index (χ4n) is 4.81. The molecule has 190 valence electrons. The number of thioether (sulfide) groups is 1. The summed E-state index contributed by atoms with van der Waals surface area (Å²) in [6.45, 7) is 11.7. The summed E-state index contributed by atoms with van der Waals surface area (Å²) < 4.78 is 0. The number of aliphatic imine (C=N–C) groups is 1. The topological polar surface area (TPSA) is 85.3 Å². The predicted octanol–water partition coefficient (Wildman–Crippen LogP) is 3.45. The van der Waals surface area contributed by atoms with Gasteiger partial charge in [0.25, 0.3) is 11.8 Å². The molecule has 0 bridgehead atoms. The maximum atomic E-state index is 13.2. The summed E-state index contributed by atoms with van der Waals surface area (Å²) in [5.41, 5.74) is 1.22. The molecule has 3 aliphatic heterocycles. The second-order valence-corrected chi connectivity index (χ2v) is 11.7. The number of benzene rings is 1. The highest BCUT2D eigenvalue weighted by atomic mass is 32.2. The van der Waals surface area contributed by atoms with Crippen molar-refractivity contribution in [3.05, 3.63) is 29.8 Å². The van der Waals surface area contributed by atoms with Crippen LogP contribution in [0.4, 0.5) is 5.69 Å². The molecule has 1 atom stereocenters. The molecule has 9 heteroatoms. The van der Waals surface area contributed by atoms with E-state index in [9.17, 15) is 14.4 Å².